The van der Waals surface area contributed by atoms with Crippen molar-refractivity contribution >= 4 is 37.2 Å². The van der Waals surface area contributed by atoms with E-state index in [9.17, 15) is 9.59 Å². The second-order valence-corrected chi connectivity index (χ2v) is 4.64. The zero-order valence-electron chi connectivity index (χ0n) is 12.5. The zero-order valence-corrected chi connectivity index (χ0v) is 12.5. The Kier molecular flexibility index (Phi) is 7.37. The molecule has 0 aliphatic heterocycles. The van der Waals surface area contributed by atoms with Gasteiger partial charge in [0.15, 0.2) is 5.78 Å². The predicted molar refractivity (Wildman–Crippen MR) is 87.9 cm³/mol. The first kappa shape index (κ1) is 18.8. The zero-order chi connectivity index (χ0) is 17.4. The first-order chi connectivity index (χ1) is 10.9. The lowest BCUT2D eigenvalue weighted by atomic mass is 9.76. The van der Waals surface area contributed by atoms with Crippen molar-refractivity contribution in [3.63, 3.8) is 0 Å². The standard InChI is InChI=1S/C8H9BO3.C7H7BO3/c1-6(10)7-4-2-3-5-8(7)9(11)12;9-5-6-3-1-2-4-7(6)8(10)11/h2-5,11-12H,1H3;1-5,10-11H. The molecule has 4 N–H and O–H groups in total. The van der Waals surface area contributed by atoms with Crippen LogP contribution in [0.1, 0.15) is 27.6 Å². The lowest BCUT2D eigenvalue weighted by Crippen LogP contribution is -2.34. The van der Waals surface area contributed by atoms with Gasteiger partial charge in [-0.1, -0.05) is 48.5 Å². The van der Waals surface area contributed by atoms with Crippen molar-refractivity contribution in [1.29, 1.82) is 0 Å². The van der Waals surface area contributed by atoms with Gasteiger partial charge < -0.3 is 20.1 Å². The largest absolute Gasteiger partial charge is 0.489 e. The summed E-state index contributed by atoms with van der Waals surface area (Å²) in [5.41, 5.74) is 1.16. The van der Waals surface area contributed by atoms with Crippen LogP contribution in [0.3, 0.4) is 0 Å². The Labute approximate surface area is 134 Å². The maximum absolute atomic E-state index is 10.9. The first-order valence-corrected chi connectivity index (χ1v) is 6.74. The summed E-state index contributed by atoms with van der Waals surface area (Å²) >= 11 is 0. The normalized spacial score (nSPS) is 9.43. The summed E-state index contributed by atoms with van der Waals surface area (Å²) in [6.45, 7) is 1.39. The van der Waals surface area contributed by atoms with E-state index in [2.05, 4.69) is 0 Å². The number of Topliss-reactive ketones (excluding diaryl/α,β-unsaturated/α-hetero) is 1. The second kappa shape index (κ2) is 9.02. The number of hydrogen-bond donors (Lipinski definition) is 4. The maximum atomic E-state index is 10.9. The second-order valence-electron chi connectivity index (χ2n) is 4.64. The molecule has 8 heteroatoms. The van der Waals surface area contributed by atoms with Crippen molar-refractivity contribution in [2.75, 3.05) is 0 Å². The molecule has 0 amide bonds. The summed E-state index contributed by atoms with van der Waals surface area (Å²) in [5.74, 6) is -0.168. The summed E-state index contributed by atoms with van der Waals surface area (Å²) in [5, 5.41) is 35.2. The monoisotopic (exact) mass is 314 g/mol. The third kappa shape index (κ3) is 5.46. The SMILES string of the molecule is CC(=O)c1ccccc1B(O)O.O=Cc1ccccc1B(O)O. The van der Waals surface area contributed by atoms with Crippen LogP contribution in [0, 0.1) is 0 Å². The molecule has 0 unspecified atom stereocenters. The van der Waals surface area contributed by atoms with Gasteiger partial charge >= 0.3 is 14.2 Å². The molecule has 0 aromatic heterocycles. The van der Waals surface area contributed by atoms with E-state index in [4.69, 9.17) is 20.1 Å². The van der Waals surface area contributed by atoms with E-state index in [0.29, 0.717) is 17.4 Å². The Bertz CT molecular complexity index is 673. The number of carbonyl (C=O) groups is 2. The highest BCUT2D eigenvalue weighted by Crippen LogP contribution is 1.97. The van der Waals surface area contributed by atoms with E-state index in [0.717, 1.165) is 0 Å². The molecule has 0 bridgehead atoms. The highest BCUT2D eigenvalue weighted by molar-refractivity contribution is 6.60. The average Bonchev–Trinajstić information content (AvgIpc) is 2.55. The highest BCUT2D eigenvalue weighted by Gasteiger charge is 2.17. The molecule has 0 radical (unpaired) electrons. The minimum absolute atomic E-state index is 0.168. The van der Waals surface area contributed by atoms with Crippen LogP contribution >= 0.6 is 0 Å². The van der Waals surface area contributed by atoms with Gasteiger partial charge in [0.05, 0.1) is 0 Å². The van der Waals surface area contributed by atoms with Crippen LogP contribution in [0.5, 0.6) is 0 Å². The third-order valence-electron chi connectivity index (χ3n) is 3.02. The van der Waals surface area contributed by atoms with Crippen LogP contribution < -0.4 is 10.9 Å². The Morgan fingerprint density at radius 3 is 1.74 bits per heavy atom. The summed E-state index contributed by atoms with van der Waals surface area (Å²) in [6.07, 6.45) is 0.592. The lowest BCUT2D eigenvalue weighted by molar-refractivity contribution is 0.101. The van der Waals surface area contributed by atoms with Gasteiger partial charge in [-0.3, -0.25) is 9.59 Å². The van der Waals surface area contributed by atoms with Gasteiger partial charge in [0.25, 0.3) is 0 Å². The molecule has 6 nitrogen and oxygen atoms in total. The van der Waals surface area contributed by atoms with E-state index in [1.807, 2.05) is 0 Å². The van der Waals surface area contributed by atoms with Gasteiger partial charge in [0.1, 0.15) is 6.29 Å². The van der Waals surface area contributed by atoms with E-state index >= 15 is 0 Å². The number of hydrogen-bond acceptors (Lipinski definition) is 6. The quantitative estimate of drug-likeness (QED) is 0.318. The Morgan fingerprint density at radius 2 is 1.35 bits per heavy atom. The molecule has 0 heterocycles. The van der Waals surface area contributed by atoms with Crippen LogP contribution in [-0.2, 0) is 0 Å². The van der Waals surface area contributed by atoms with E-state index < -0.39 is 14.2 Å². The summed E-state index contributed by atoms with van der Waals surface area (Å²) < 4.78 is 0. The minimum Gasteiger partial charge on any atom is -0.423 e. The van der Waals surface area contributed by atoms with Gasteiger partial charge in [-0.2, -0.15) is 0 Å². The van der Waals surface area contributed by atoms with Crippen LogP contribution in [0.2, 0.25) is 0 Å². The van der Waals surface area contributed by atoms with Crippen LogP contribution in [0.15, 0.2) is 48.5 Å². The number of rotatable bonds is 4. The van der Waals surface area contributed by atoms with Gasteiger partial charge in [-0.25, -0.2) is 0 Å². The number of benzene rings is 2. The molecule has 0 atom stereocenters. The average molecular weight is 314 g/mol. The van der Waals surface area contributed by atoms with Crippen molar-refractivity contribution in [2.45, 2.75) is 6.92 Å². The van der Waals surface area contributed by atoms with Gasteiger partial charge in [0, 0.05) is 11.1 Å². The Hall–Kier alpha value is -2.25. The van der Waals surface area contributed by atoms with Crippen molar-refractivity contribution in [3.05, 3.63) is 59.7 Å². The fourth-order valence-corrected chi connectivity index (χ4v) is 1.90. The molecule has 23 heavy (non-hydrogen) atoms. The molecular formula is C15H16B2O6. The molecule has 2 rings (SSSR count). The molecular weight excluding hydrogens is 298 g/mol. The van der Waals surface area contributed by atoms with E-state index in [-0.39, 0.29) is 16.7 Å². The fourth-order valence-electron chi connectivity index (χ4n) is 1.90. The van der Waals surface area contributed by atoms with Crippen LogP contribution in [-0.4, -0.2) is 46.4 Å². The first-order valence-electron chi connectivity index (χ1n) is 6.74. The molecule has 0 aliphatic carbocycles. The van der Waals surface area contributed by atoms with Crippen molar-refractivity contribution in [3.8, 4) is 0 Å². The number of carbonyl (C=O) groups excluding carboxylic acids is 2. The molecule has 2 aromatic carbocycles. The number of ketones is 1. The van der Waals surface area contributed by atoms with Gasteiger partial charge in [-0.05, 0) is 17.8 Å². The predicted octanol–water partition coefficient (Wildman–Crippen LogP) is -1.25. The van der Waals surface area contributed by atoms with Crippen molar-refractivity contribution in [1.82, 2.24) is 0 Å². The molecule has 0 spiro atoms. The number of aldehydes is 1. The van der Waals surface area contributed by atoms with Crippen molar-refractivity contribution in [2.24, 2.45) is 0 Å². The topological polar surface area (TPSA) is 115 Å². The molecule has 118 valence electrons. The summed E-state index contributed by atoms with van der Waals surface area (Å²) in [4.78, 5) is 21.3. The van der Waals surface area contributed by atoms with Gasteiger partial charge in [0.2, 0.25) is 0 Å². The third-order valence-corrected chi connectivity index (χ3v) is 3.02. The van der Waals surface area contributed by atoms with E-state index in [1.54, 1.807) is 30.3 Å². The smallest absolute Gasteiger partial charge is 0.423 e. The van der Waals surface area contributed by atoms with E-state index in [1.165, 1.54) is 25.1 Å². The minimum atomic E-state index is -1.58. The molecule has 0 saturated carbocycles. The van der Waals surface area contributed by atoms with Crippen LogP contribution in [0.25, 0.3) is 0 Å². The lowest BCUT2D eigenvalue weighted by Gasteiger charge is -2.03. The van der Waals surface area contributed by atoms with Crippen LogP contribution in [0.4, 0.5) is 0 Å². The summed E-state index contributed by atoms with van der Waals surface area (Å²) in [7, 11) is -3.15. The Morgan fingerprint density at radius 1 is 0.870 bits per heavy atom. The van der Waals surface area contributed by atoms with Gasteiger partial charge in [-0.15, -0.1) is 0 Å². The summed E-state index contributed by atoms with van der Waals surface area (Å²) in [6, 6.07) is 12.7. The fraction of sp³-hybridized carbons (Fsp3) is 0.0667. The maximum Gasteiger partial charge on any atom is 0.489 e. The molecule has 2 aromatic rings. The molecule has 0 aliphatic rings. The van der Waals surface area contributed by atoms with Crippen molar-refractivity contribution < 1.29 is 29.7 Å². The molecule has 0 fully saturated rings. The highest BCUT2D eigenvalue weighted by atomic mass is 16.4. The Balaban J connectivity index is 0.000000231. The molecule has 0 saturated heterocycles.